The third-order valence-corrected chi connectivity index (χ3v) is 3.20. The van der Waals surface area contributed by atoms with Crippen LogP contribution in [0, 0.1) is 0 Å². The molecule has 0 aromatic carbocycles. The van der Waals surface area contributed by atoms with E-state index >= 15 is 0 Å². The monoisotopic (exact) mass is 274 g/mol. The van der Waals surface area contributed by atoms with Crippen LogP contribution in [0.5, 0.6) is 0 Å². The van der Waals surface area contributed by atoms with Crippen molar-refractivity contribution >= 4 is 22.4 Å². The van der Waals surface area contributed by atoms with Crippen molar-refractivity contribution in [3.8, 4) is 0 Å². The third-order valence-electron chi connectivity index (χ3n) is 2.22. The molecule has 0 bridgehead atoms. The molecule has 0 spiro atoms. The van der Waals surface area contributed by atoms with Gasteiger partial charge >= 0.3 is 0 Å². The average molecular weight is 274 g/mol. The Kier molecular flexibility index (Phi) is 6.73. The van der Waals surface area contributed by atoms with E-state index in [2.05, 4.69) is 15.5 Å². The second-order valence-electron chi connectivity index (χ2n) is 3.63. The quantitative estimate of drug-likeness (QED) is 0.581. The molecule has 0 radical (unpaired) electrons. The first-order chi connectivity index (χ1) is 8.69. The van der Waals surface area contributed by atoms with Gasteiger partial charge in [-0.25, -0.2) is 0 Å². The molecule has 1 aromatic rings. The first kappa shape index (κ1) is 15.0. The van der Waals surface area contributed by atoms with Crippen LogP contribution < -0.4 is 5.32 Å². The molecular formula is C10H18N4O3S. The highest BCUT2D eigenvalue weighted by molar-refractivity contribution is 7.15. The van der Waals surface area contributed by atoms with Gasteiger partial charge in [-0.05, 0) is 6.42 Å². The van der Waals surface area contributed by atoms with Gasteiger partial charge in [0.15, 0.2) is 0 Å². The number of hydrogen-bond acceptors (Lipinski definition) is 7. The number of anilines is 1. The molecule has 0 unspecified atom stereocenters. The summed E-state index contributed by atoms with van der Waals surface area (Å²) in [5.41, 5.74) is 0. The summed E-state index contributed by atoms with van der Waals surface area (Å²) in [5.74, 6) is -0.226. The SMILES string of the molecule is CCc1nnc(NC(=O)CN(CCO)CCO)s1. The second-order valence-corrected chi connectivity index (χ2v) is 4.69. The van der Waals surface area contributed by atoms with E-state index in [1.807, 2.05) is 6.92 Å². The van der Waals surface area contributed by atoms with E-state index in [1.165, 1.54) is 11.3 Å². The number of nitrogens with zero attached hydrogens (tertiary/aromatic N) is 3. The van der Waals surface area contributed by atoms with Crippen LogP contribution in [0.3, 0.4) is 0 Å². The molecule has 8 heteroatoms. The summed E-state index contributed by atoms with van der Waals surface area (Å²) in [4.78, 5) is 13.4. The Morgan fingerprint density at radius 3 is 2.50 bits per heavy atom. The zero-order valence-corrected chi connectivity index (χ0v) is 11.1. The van der Waals surface area contributed by atoms with Crippen LogP contribution in [0.15, 0.2) is 0 Å². The van der Waals surface area contributed by atoms with Gasteiger partial charge in [0.05, 0.1) is 19.8 Å². The largest absolute Gasteiger partial charge is 0.395 e. The maximum Gasteiger partial charge on any atom is 0.240 e. The minimum atomic E-state index is -0.226. The van der Waals surface area contributed by atoms with Crippen molar-refractivity contribution in [1.29, 1.82) is 0 Å². The molecule has 3 N–H and O–H groups in total. The molecule has 0 aliphatic rings. The van der Waals surface area contributed by atoms with Gasteiger partial charge in [0.25, 0.3) is 0 Å². The molecule has 0 aliphatic heterocycles. The van der Waals surface area contributed by atoms with Gasteiger partial charge in [-0.1, -0.05) is 18.3 Å². The zero-order chi connectivity index (χ0) is 13.4. The number of aliphatic hydroxyl groups is 2. The lowest BCUT2D eigenvalue weighted by molar-refractivity contribution is -0.117. The van der Waals surface area contributed by atoms with Gasteiger partial charge < -0.3 is 10.2 Å². The molecule has 102 valence electrons. The van der Waals surface area contributed by atoms with E-state index in [1.54, 1.807) is 4.90 Å². The molecule has 0 atom stereocenters. The summed E-state index contributed by atoms with van der Waals surface area (Å²) in [6.45, 7) is 2.69. The molecular weight excluding hydrogens is 256 g/mol. The van der Waals surface area contributed by atoms with Gasteiger partial charge in [-0.3, -0.25) is 15.0 Å². The fourth-order valence-corrected chi connectivity index (χ4v) is 2.06. The smallest absolute Gasteiger partial charge is 0.240 e. The highest BCUT2D eigenvalue weighted by Crippen LogP contribution is 2.15. The van der Waals surface area contributed by atoms with Crippen molar-refractivity contribution in [1.82, 2.24) is 15.1 Å². The minimum absolute atomic E-state index is 0.0495. The van der Waals surface area contributed by atoms with Crippen LogP contribution in [0.2, 0.25) is 0 Å². The molecule has 0 saturated heterocycles. The van der Waals surface area contributed by atoms with Crippen LogP contribution in [-0.2, 0) is 11.2 Å². The zero-order valence-electron chi connectivity index (χ0n) is 10.3. The van der Waals surface area contributed by atoms with Crippen LogP contribution in [0.1, 0.15) is 11.9 Å². The van der Waals surface area contributed by atoms with Crippen LogP contribution in [-0.4, -0.2) is 64.1 Å². The summed E-state index contributed by atoms with van der Waals surface area (Å²) < 4.78 is 0. The van der Waals surface area contributed by atoms with E-state index in [4.69, 9.17) is 10.2 Å². The van der Waals surface area contributed by atoms with Crippen LogP contribution >= 0.6 is 11.3 Å². The Morgan fingerprint density at radius 1 is 1.33 bits per heavy atom. The van der Waals surface area contributed by atoms with Crippen LogP contribution in [0.25, 0.3) is 0 Å². The van der Waals surface area contributed by atoms with Crippen LogP contribution in [0.4, 0.5) is 5.13 Å². The molecule has 18 heavy (non-hydrogen) atoms. The Hall–Kier alpha value is -1.09. The summed E-state index contributed by atoms with van der Waals surface area (Å²) in [7, 11) is 0. The number of amides is 1. The number of nitrogens with one attached hydrogen (secondary N) is 1. The number of hydrogen-bond donors (Lipinski definition) is 3. The molecule has 1 aromatic heterocycles. The highest BCUT2D eigenvalue weighted by Gasteiger charge is 2.12. The van der Waals surface area contributed by atoms with Crippen molar-refractivity contribution in [2.75, 3.05) is 38.2 Å². The van der Waals surface area contributed by atoms with E-state index in [-0.39, 0.29) is 25.7 Å². The first-order valence-electron chi connectivity index (χ1n) is 5.75. The lowest BCUT2D eigenvalue weighted by Crippen LogP contribution is -2.37. The summed E-state index contributed by atoms with van der Waals surface area (Å²) in [5, 5.41) is 29.4. The standard InChI is InChI=1S/C10H18N4O3S/c1-2-9-12-13-10(18-9)11-8(17)7-14(3-5-15)4-6-16/h15-16H,2-7H2,1H3,(H,11,13,17). The Labute approximate surface area is 109 Å². The van der Waals surface area contributed by atoms with E-state index in [9.17, 15) is 4.79 Å². The van der Waals surface area contributed by atoms with Gasteiger partial charge in [0, 0.05) is 13.1 Å². The van der Waals surface area contributed by atoms with E-state index in [0.29, 0.717) is 18.2 Å². The number of aryl methyl sites for hydroxylation is 1. The maximum absolute atomic E-state index is 11.7. The summed E-state index contributed by atoms with van der Waals surface area (Å²) >= 11 is 1.34. The average Bonchev–Trinajstić information content (AvgIpc) is 2.77. The van der Waals surface area contributed by atoms with Crippen molar-refractivity contribution in [3.05, 3.63) is 5.01 Å². The molecule has 1 rings (SSSR count). The number of aliphatic hydroxyl groups excluding tert-OH is 2. The second kappa shape index (κ2) is 8.09. The van der Waals surface area contributed by atoms with Gasteiger partial charge in [-0.2, -0.15) is 0 Å². The van der Waals surface area contributed by atoms with Crippen molar-refractivity contribution < 1.29 is 15.0 Å². The maximum atomic E-state index is 11.7. The van der Waals surface area contributed by atoms with Crippen molar-refractivity contribution in [2.24, 2.45) is 0 Å². The lowest BCUT2D eigenvalue weighted by Gasteiger charge is -2.18. The van der Waals surface area contributed by atoms with Crippen molar-refractivity contribution in [2.45, 2.75) is 13.3 Å². The molecule has 0 fully saturated rings. The van der Waals surface area contributed by atoms with E-state index < -0.39 is 0 Å². The molecule has 7 nitrogen and oxygen atoms in total. The van der Waals surface area contributed by atoms with Gasteiger partial charge in [-0.15, -0.1) is 10.2 Å². The van der Waals surface area contributed by atoms with E-state index in [0.717, 1.165) is 11.4 Å². The lowest BCUT2D eigenvalue weighted by atomic mass is 10.4. The molecule has 0 saturated carbocycles. The number of carbonyl (C=O) groups is 1. The Morgan fingerprint density at radius 2 is 2.00 bits per heavy atom. The van der Waals surface area contributed by atoms with Gasteiger partial charge in [0.1, 0.15) is 5.01 Å². The fraction of sp³-hybridized carbons (Fsp3) is 0.700. The highest BCUT2D eigenvalue weighted by atomic mass is 32.1. The number of carbonyl (C=O) groups excluding carboxylic acids is 1. The third kappa shape index (κ3) is 5.05. The Bertz CT molecular complexity index is 366. The predicted octanol–water partition coefficient (Wildman–Crippen LogP) is -0.674. The Balaban J connectivity index is 2.43. The van der Waals surface area contributed by atoms with Crippen molar-refractivity contribution in [3.63, 3.8) is 0 Å². The predicted molar refractivity (Wildman–Crippen MR) is 68.5 cm³/mol. The normalized spacial score (nSPS) is 10.9. The summed E-state index contributed by atoms with van der Waals surface area (Å²) in [6.07, 6.45) is 0.786. The number of aromatic nitrogens is 2. The minimum Gasteiger partial charge on any atom is -0.395 e. The molecule has 1 heterocycles. The first-order valence-corrected chi connectivity index (χ1v) is 6.57. The molecule has 1 amide bonds. The number of rotatable bonds is 8. The summed E-state index contributed by atoms with van der Waals surface area (Å²) in [6, 6.07) is 0. The van der Waals surface area contributed by atoms with Gasteiger partial charge in [0.2, 0.25) is 11.0 Å². The fourth-order valence-electron chi connectivity index (χ4n) is 1.36. The topological polar surface area (TPSA) is 98.6 Å². The molecule has 0 aliphatic carbocycles.